The maximum absolute atomic E-state index is 5.87. The highest BCUT2D eigenvalue weighted by Crippen LogP contribution is 2.39. The first kappa shape index (κ1) is 13.4. The summed E-state index contributed by atoms with van der Waals surface area (Å²) in [7, 11) is 0. The van der Waals surface area contributed by atoms with Crippen molar-refractivity contribution in [1.82, 2.24) is 19.7 Å². The first-order valence-corrected chi connectivity index (χ1v) is 8.13. The van der Waals surface area contributed by atoms with Gasteiger partial charge < -0.3 is 10.2 Å². The van der Waals surface area contributed by atoms with Crippen LogP contribution in [0.1, 0.15) is 24.8 Å². The summed E-state index contributed by atoms with van der Waals surface area (Å²) < 4.78 is 7.80. The van der Waals surface area contributed by atoms with E-state index in [9.17, 15) is 0 Å². The Labute approximate surface area is 131 Å². The average molecular weight is 313 g/mol. The Morgan fingerprint density at radius 2 is 2.05 bits per heavy atom. The van der Waals surface area contributed by atoms with Crippen LogP contribution in [0.3, 0.4) is 0 Å². The number of benzene rings is 1. The maximum atomic E-state index is 5.87. The van der Waals surface area contributed by atoms with E-state index >= 15 is 0 Å². The summed E-state index contributed by atoms with van der Waals surface area (Å²) in [5.41, 5.74) is 6.89. The Morgan fingerprint density at radius 1 is 1.23 bits per heavy atom. The standard InChI is InChI=1S/C15H15N5OS/c16-14-18-19-15(20(14)11-6-7-11)22-9-13-17-8-12(21-13)10-4-2-1-3-5-10/h1-5,8,11H,6-7,9H2,(H2,16,18). The number of nitrogen functional groups attached to an aromatic ring is 1. The minimum atomic E-state index is 0.460. The van der Waals surface area contributed by atoms with Crippen molar-refractivity contribution in [2.24, 2.45) is 0 Å². The molecule has 1 aliphatic rings. The lowest BCUT2D eigenvalue weighted by atomic mass is 10.2. The molecule has 6 nitrogen and oxygen atoms in total. The highest BCUT2D eigenvalue weighted by atomic mass is 32.2. The Kier molecular flexibility index (Phi) is 3.34. The first-order chi connectivity index (χ1) is 10.8. The fourth-order valence-corrected chi connectivity index (χ4v) is 3.17. The van der Waals surface area contributed by atoms with Gasteiger partial charge in [-0.25, -0.2) is 4.98 Å². The molecule has 1 aromatic carbocycles. The van der Waals surface area contributed by atoms with Crippen LogP contribution in [-0.2, 0) is 5.75 Å². The van der Waals surface area contributed by atoms with Gasteiger partial charge in [-0.15, -0.1) is 10.2 Å². The molecule has 0 amide bonds. The van der Waals surface area contributed by atoms with Gasteiger partial charge in [0.1, 0.15) is 0 Å². The summed E-state index contributed by atoms with van der Waals surface area (Å²) in [6, 6.07) is 10.4. The molecule has 7 heteroatoms. The summed E-state index contributed by atoms with van der Waals surface area (Å²) in [4.78, 5) is 4.33. The van der Waals surface area contributed by atoms with E-state index in [0.717, 1.165) is 29.3 Å². The molecule has 2 aromatic heterocycles. The summed E-state index contributed by atoms with van der Waals surface area (Å²) in [5, 5.41) is 8.93. The van der Waals surface area contributed by atoms with Crippen LogP contribution >= 0.6 is 11.8 Å². The second-order valence-electron chi connectivity index (χ2n) is 5.21. The third-order valence-corrected chi connectivity index (χ3v) is 4.47. The summed E-state index contributed by atoms with van der Waals surface area (Å²) in [5.74, 6) is 2.55. The Balaban J connectivity index is 1.48. The molecule has 0 atom stereocenters. The lowest BCUT2D eigenvalue weighted by Crippen LogP contribution is -2.02. The van der Waals surface area contributed by atoms with Crippen molar-refractivity contribution < 1.29 is 4.42 Å². The third kappa shape index (κ3) is 2.59. The molecule has 1 aliphatic carbocycles. The SMILES string of the molecule is Nc1nnc(SCc2ncc(-c3ccccc3)o2)n1C1CC1. The maximum Gasteiger partial charge on any atom is 0.222 e. The monoisotopic (exact) mass is 313 g/mol. The minimum Gasteiger partial charge on any atom is -0.440 e. The fraction of sp³-hybridized carbons (Fsp3) is 0.267. The molecule has 1 saturated carbocycles. The molecule has 0 bridgehead atoms. The lowest BCUT2D eigenvalue weighted by molar-refractivity contribution is 0.529. The van der Waals surface area contributed by atoms with Crippen molar-refractivity contribution in [1.29, 1.82) is 0 Å². The molecule has 0 saturated heterocycles. The van der Waals surface area contributed by atoms with Crippen LogP contribution in [0.15, 0.2) is 46.1 Å². The normalized spacial score (nSPS) is 14.4. The Morgan fingerprint density at radius 3 is 2.82 bits per heavy atom. The second-order valence-corrected chi connectivity index (χ2v) is 6.16. The number of aromatic nitrogens is 4. The predicted octanol–water partition coefficient (Wildman–Crippen LogP) is 3.14. The van der Waals surface area contributed by atoms with Gasteiger partial charge in [-0.3, -0.25) is 4.57 Å². The number of nitrogens with two attached hydrogens (primary N) is 1. The largest absolute Gasteiger partial charge is 0.440 e. The van der Waals surface area contributed by atoms with Crippen molar-refractivity contribution >= 4 is 17.7 Å². The van der Waals surface area contributed by atoms with Gasteiger partial charge in [0.25, 0.3) is 0 Å². The van der Waals surface area contributed by atoms with E-state index in [4.69, 9.17) is 10.2 Å². The van der Waals surface area contributed by atoms with E-state index < -0.39 is 0 Å². The van der Waals surface area contributed by atoms with E-state index in [0.29, 0.717) is 23.6 Å². The van der Waals surface area contributed by atoms with Gasteiger partial charge in [-0.2, -0.15) is 0 Å². The average Bonchev–Trinajstić information content (AvgIpc) is 3.15. The van der Waals surface area contributed by atoms with Crippen LogP contribution in [0.4, 0.5) is 5.95 Å². The van der Waals surface area contributed by atoms with Crippen molar-refractivity contribution in [3.8, 4) is 11.3 Å². The molecule has 0 radical (unpaired) electrons. The molecular formula is C15H15N5OS. The number of hydrogen-bond donors (Lipinski definition) is 1. The topological polar surface area (TPSA) is 82.8 Å². The number of nitrogens with zero attached hydrogens (tertiary/aromatic N) is 4. The molecule has 4 rings (SSSR count). The van der Waals surface area contributed by atoms with E-state index in [-0.39, 0.29) is 0 Å². The highest BCUT2D eigenvalue weighted by Gasteiger charge is 2.29. The molecular weight excluding hydrogens is 298 g/mol. The predicted molar refractivity (Wildman–Crippen MR) is 84.2 cm³/mol. The van der Waals surface area contributed by atoms with Crippen LogP contribution in [-0.4, -0.2) is 19.7 Å². The molecule has 112 valence electrons. The zero-order valence-electron chi connectivity index (χ0n) is 11.8. The van der Waals surface area contributed by atoms with E-state index in [1.165, 1.54) is 0 Å². The number of anilines is 1. The van der Waals surface area contributed by atoms with Gasteiger partial charge in [0.2, 0.25) is 11.8 Å². The summed E-state index contributed by atoms with van der Waals surface area (Å²) in [6.45, 7) is 0. The van der Waals surface area contributed by atoms with Crippen LogP contribution in [0, 0.1) is 0 Å². The zero-order valence-corrected chi connectivity index (χ0v) is 12.7. The number of hydrogen-bond acceptors (Lipinski definition) is 6. The van der Waals surface area contributed by atoms with Crippen LogP contribution in [0.25, 0.3) is 11.3 Å². The van der Waals surface area contributed by atoms with E-state index in [1.54, 1.807) is 18.0 Å². The lowest BCUT2D eigenvalue weighted by Gasteiger charge is -2.04. The molecule has 0 spiro atoms. The quantitative estimate of drug-likeness (QED) is 0.729. The van der Waals surface area contributed by atoms with E-state index in [2.05, 4.69) is 15.2 Å². The van der Waals surface area contributed by atoms with Gasteiger partial charge >= 0.3 is 0 Å². The second kappa shape index (κ2) is 5.49. The van der Waals surface area contributed by atoms with Gasteiger partial charge in [0.15, 0.2) is 10.9 Å². The first-order valence-electron chi connectivity index (χ1n) is 7.14. The molecule has 22 heavy (non-hydrogen) atoms. The van der Waals surface area contributed by atoms with Crippen LogP contribution in [0.5, 0.6) is 0 Å². The Hall–Kier alpha value is -2.28. The van der Waals surface area contributed by atoms with Crippen molar-refractivity contribution in [2.75, 3.05) is 5.73 Å². The van der Waals surface area contributed by atoms with Crippen LogP contribution < -0.4 is 5.73 Å². The number of oxazole rings is 1. The van der Waals surface area contributed by atoms with Crippen molar-refractivity contribution in [3.63, 3.8) is 0 Å². The van der Waals surface area contributed by atoms with Gasteiger partial charge in [0, 0.05) is 11.6 Å². The third-order valence-electron chi connectivity index (χ3n) is 3.54. The smallest absolute Gasteiger partial charge is 0.222 e. The molecule has 0 unspecified atom stereocenters. The van der Waals surface area contributed by atoms with Crippen LogP contribution in [0.2, 0.25) is 0 Å². The molecule has 3 aromatic rings. The van der Waals surface area contributed by atoms with Gasteiger partial charge in [-0.05, 0) is 12.8 Å². The van der Waals surface area contributed by atoms with E-state index in [1.807, 2.05) is 34.9 Å². The number of thioether (sulfide) groups is 1. The van der Waals surface area contributed by atoms with Crippen molar-refractivity contribution in [3.05, 3.63) is 42.4 Å². The molecule has 2 N–H and O–H groups in total. The summed E-state index contributed by atoms with van der Waals surface area (Å²) in [6.07, 6.45) is 4.05. The molecule has 2 heterocycles. The van der Waals surface area contributed by atoms with Gasteiger partial charge in [0.05, 0.1) is 11.9 Å². The van der Waals surface area contributed by atoms with Crippen molar-refractivity contribution in [2.45, 2.75) is 29.8 Å². The molecule has 0 aliphatic heterocycles. The van der Waals surface area contributed by atoms with Gasteiger partial charge in [-0.1, -0.05) is 42.1 Å². The number of rotatable bonds is 5. The molecule has 1 fully saturated rings. The zero-order chi connectivity index (χ0) is 14.9. The minimum absolute atomic E-state index is 0.460. The highest BCUT2D eigenvalue weighted by molar-refractivity contribution is 7.98. The summed E-state index contributed by atoms with van der Waals surface area (Å²) >= 11 is 1.55. The fourth-order valence-electron chi connectivity index (χ4n) is 2.30. The Bertz CT molecular complexity index is 778.